The van der Waals surface area contributed by atoms with Gasteiger partial charge < -0.3 is 10.8 Å². The van der Waals surface area contributed by atoms with E-state index in [-0.39, 0.29) is 6.54 Å². The molecular weight excluding hydrogens is 196 g/mol. The number of aliphatic carboxylic acids is 1. The number of aromatic nitrogens is 3. The van der Waals surface area contributed by atoms with Gasteiger partial charge in [0, 0.05) is 0 Å². The summed E-state index contributed by atoms with van der Waals surface area (Å²) in [6.07, 6.45) is 0. The first-order valence-electron chi connectivity index (χ1n) is 4.45. The molecule has 78 valence electrons. The van der Waals surface area contributed by atoms with Gasteiger partial charge in [0.25, 0.3) is 0 Å². The molecule has 6 nitrogen and oxygen atoms in total. The maximum absolute atomic E-state index is 10.6. The van der Waals surface area contributed by atoms with Crippen LogP contribution in [-0.4, -0.2) is 32.1 Å². The molecule has 0 spiro atoms. The van der Waals surface area contributed by atoms with Crippen molar-refractivity contribution in [2.24, 2.45) is 5.73 Å². The second-order valence-corrected chi connectivity index (χ2v) is 3.20. The molecule has 0 fully saturated rings. The lowest BCUT2D eigenvalue weighted by molar-refractivity contribution is -0.138. The predicted molar refractivity (Wildman–Crippen MR) is 53.1 cm³/mol. The number of rotatable bonds is 3. The summed E-state index contributed by atoms with van der Waals surface area (Å²) in [6.45, 7) is 0.121. The monoisotopic (exact) mass is 206 g/mol. The Labute approximate surface area is 85.3 Å². The Morgan fingerprint density at radius 3 is 3.00 bits per heavy atom. The van der Waals surface area contributed by atoms with Crippen molar-refractivity contribution in [1.82, 2.24) is 15.0 Å². The number of carboxylic acids is 1. The highest BCUT2D eigenvalue weighted by Crippen LogP contribution is 2.09. The van der Waals surface area contributed by atoms with E-state index in [1.165, 1.54) is 4.68 Å². The number of hydrogen-bond acceptors (Lipinski definition) is 4. The number of nitrogens with zero attached hydrogens (tertiary/aromatic N) is 3. The van der Waals surface area contributed by atoms with Crippen LogP contribution in [0.5, 0.6) is 0 Å². The minimum absolute atomic E-state index is 0.121. The Hall–Kier alpha value is -1.95. The fourth-order valence-corrected chi connectivity index (χ4v) is 1.32. The Morgan fingerprint density at radius 1 is 1.53 bits per heavy atom. The Balaban J connectivity index is 2.32. The molecule has 0 saturated carbocycles. The summed E-state index contributed by atoms with van der Waals surface area (Å²) in [5.74, 6) is -1.05. The highest BCUT2D eigenvalue weighted by molar-refractivity contribution is 5.75. The summed E-state index contributed by atoms with van der Waals surface area (Å²) in [5, 5.41) is 16.4. The van der Waals surface area contributed by atoms with E-state index in [2.05, 4.69) is 10.3 Å². The van der Waals surface area contributed by atoms with Gasteiger partial charge in [-0.2, -0.15) is 0 Å². The zero-order valence-electron chi connectivity index (χ0n) is 7.87. The standard InChI is InChI=1S/C9H10N4O2/c10-6(9(14)15)5-13-8-4-2-1-3-7(8)11-12-13/h1-4,6H,5,10H2,(H,14,15)/t6-/m0/s1. The van der Waals surface area contributed by atoms with E-state index >= 15 is 0 Å². The number of carboxylic acid groups (broad SMARTS) is 1. The smallest absolute Gasteiger partial charge is 0.322 e. The lowest BCUT2D eigenvalue weighted by Gasteiger charge is -2.05. The fraction of sp³-hybridized carbons (Fsp3) is 0.222. The number of benzene rings is 1. The van der Waals surface area contributed by atoms with Crippen molar-refractivity contribution in [3.8, 4) is 0 Å². The summed E-state index contributed by atoms with van der Waals surface area (Å²) in [5.41, 5.74) is 6.93. The van der Waals surface area contributed by atoms with Crippen LogP contribution in [0.15, 0.2) is 24.3 Å². The van der Waals surface area contributed by atoms with Crippen molar-refractivity contribution in [3.63, 3.8) is 0 Å². The molecule has 1 heterocycles. The van der Waals surface area contributed by atoms with E-state index in [1.54, 1.807) is 0 Å². The molecule has 6 heteroatoms. The number of hydrogen-bond donors (Lipinski definition) is 2. The predicted octanol–water partition coefficient (Wildman–Crippen LogP) is -0.157. The third-order valence-electron chi connectivity index (χ3n) is 2.11. The molecule has 0 unspecified atom stereocenters. The molecule has 1 aromatic carbocycles. The Bertz CT molecular complexity index is 494. The van der Waals surface area contributed by atoms with Gasteiger partial charge in [-0.15, -0.1) is 5.10 Å². The van der Waals surface area contributed by atoms with E-state index in [0.29, 0.717) is 0 Å². The lowest BCUT2D eigenvalue weighted by atomic mass is 10.3. The molecule has 0 aliphatic rings. The molecule has 0 aliphatic carbocycles. The number of carbonyl (C=O) groups is 1. The summed E-state index contributed by atoms with van der Waals surface area (Å²) < 4.78 is 1.49. The first-order valence-corrected chi connectivity index (χ1v) is 4.45. The van der Waals surface area contributed by atoms with Gasteiger partial charge in [0.1, 0.15) is 11.6 Å². The second kappa shape index (κ2) is 3.66. The zero-order valence-corrected chi connectivity index (χ0v) is 7.87. The van der Waals surface area contributed by atoms with Crippen LogP contribution in [0.4, 0.5) is 0 Å². The molecule has 2 aromatic rings. The third kappa shape index (κ3) is 1.79. The van der Waals surface area contributed by atoms with Crippen molar-refractivity contribution in [1.29, 1.82) is 0 Å². The molecule has 1 aromatic heterocycles. The maximum atomic E-state index is 10.6. The summed E-state index contributed by atoms with van der Waals surface area (Å²) >= 11 is 0. The topological polar surface area (TPSA) is 94.0 Å². The van der Waals surface area contributed by atoms with Gasteiger partial charge >= 0.3 is 5.97 Å². The largest absolute Gasteiger partial charge is 0.480 e. The van der Waals surface area contributed by atoms with Crippen molar-refractivity contribution in [3.05, 3.63) is 24.3 Å². The van der Waals surface area contributed by atoms with Crippen LogP contribution >= 0.6 is 0 Å². The minimum Gasteiger partial charge on any atom is -0.480 e. The van der Waals surface area contributed by atoms with E-state index in [9.17, 15) is 4.79 Å². The van der Waals surface area contributed by atoms with Crippen LogP contribution in [0.2, 0.25) is 0 Å². The molecular formula is C9H10N4O2. The van der Waals surface area contributed by atoms with E-state index < -0.39 is 12.0 Å². The normalized spacial score (nSPS) is 12.9. The Morgan fingerprint density at radius 2 is 2.27 bits per heavy atom. The molecule has 0 radical (unpaired) electrons. The number of para-hydroxylation sites is 1. The second-order valence-electron chi connectivity index (χ2n) is 3.20. The molecule has 0 amide bonds. The summed E-state index contributed by atoms with van der Waals surface area (Å²) in [6, 6.07) is 6.36. The van der Waals surface area contributed by atoms with Gasteiger partial charge in [-0.1, -0.05) is 17.3 Å². The van der Waals surface area contributed by atoms with E-state index in [4.69, 9.17) is 10.8 Å². The van der Waals surface area contributed by atoms with Gasteiger partial charge in [0.15, 0.2) is 0 Å². The minimum atomic E-state index is -1.05. The number of fused-ring (bicyclic) bond motifs is 1. The van der Waals surface area contributed by atoms with Crippen molar-refractivity contribution >= 4 is 17.0 Å². The van der Waals surface area contributed by atoms with Crippen LogP contribution in [0.25, 0.3) is 11.0 Å². The van der Waals surface area contributed by atoms with Gasteiger partial charge in [-0.25, -0.2) is 4.68 Å². The quantitative estimate of drug-likeness (QED) is 0.727. The van der Waals surface area contributed by atoms with Gasteiger partial charge in [0.2, 0.25) is 0 Å². The van der Waals surface area contributed by atoms with Crippen molar-refractivity contribution in [2.75, 3.05) is 0 Å². The number of nitrogens with two attached hydrogens (primary N) is 1. The zero-order chi connectivity index (χ0) is 10.8. The summed E-state index contributed by atoms with van der Waals surface area (Å²) in [7, 11) is 0. The highest BCUT2D eigenvalue weighted by Gasteiger charge is 2.14. The SMILES string of the molecule is N[C@@H](Cn1nnc2ccccc21)C(=O)O. The van der Waals surface area contributed by atoms with E-state index in [1.807, 2.05) is 24.3 Å². The van der Waals surface area contributed by atoms with Crippen molar-refractivity contribution in [2.45, 2.75) is 12.6 Å². The van der Waals surface area contributed by atoms with Crippen LogP contribution in [0.3, 0.4) is 0 Å². The Kier molecular flexibility index (Phi) is 2.34. The lowest BCUT2D eigenvalue weighted by Crippen LogP contribution is -2.34. The highest BCUT2D eigenvalue weighted by atomic mass is 16.4. The van der Waals surface area contributed by atoms with Gasteiger partial charge in [0.05, 0.1) is 12.1 Å². The molecule has 2 rings (SSSR count). The molecule has 0 saturated heterocycles. The first-order chi connectivity index (χ1) is 7.18. The van der Waals surface area contributed by atoms with Crippen LogP contribution in [-0.2, 0) is 11.3 Å². The van der Waals surface area contributed by atoms with Crippen LogP contribution in [0, 0.1) is 0 Å². The third-order valence-corrected chi connectivity index (χ3v) is 2.11. The average Bonchev–Trinajstić information content (AvgIpc) is 2.62. The first kappa shape index (κ1) is 9.60. The van der Waals surface area contributed by atoms with Gasteiger partial charge in [-0.05, 0) is 12.1 Å². The molecule has 15 heavy (non-hydrogen) atoms. The van der Waals surface area contributed by atoms with Gasteiger partial charge in [-0.3, -0.25) is 4.79 Å². The molecule has 1 atom stereocenters. The van der Waals surface area contributed by atoms with Crippen molar-refractivity contribution < 1.29 is 9.90 Å². The van der Waals surface area contributed by atoms with Crippen LogP contribution < -0.4 is 5.73 Å². The summed E-state index contributed by atoms with van der Waals surface area (Å²) in [4.78, 5) is 10.6. The fourth-order valence-electron chi connectivity index (χ4n) is 1.32. The molecule has 3 N–H and O–H groups in total. The van der Waals surface area contributed by atoms with Crippen LogP contribution in [0.1, 0.15) is 0 Å². The molecule has 0 bridgehead atoms. The average molecular weight is 206 g/mol. The van der Waals surface area contributed by atoms with E-state index in [0.717, 1.165) is 11.0 Å². The maximum Gasteiger partial charge on any atom is 0.322 e. The molecule has 0 aliphatic heterocycles.